The molecule has 0 atom stereocenters. The second kappa shape index (κ2) is 2.76. The van der Waals surface area contributed by atoms with Crippen LogP contribution >= 0.6 is 0 Å². The summed E-state index contributed by atoms with van der Waals surface area (Å²) in [6, 6.07) is 0. The summed E-state index contributed by atoms with van der Waals surface area (Å²) >= 11 is 0. The van der Waals surface area contributed by atoms with Gasteiger partial charge in [-0.05, 0) is 18.1 Å². The molecule has 0 aromatic heterocycles. The third-order valence-electron chi connectivity index (χ3n) is 1.53. The van der Waals surface area contributed by atoms with Crippen LogP contribution < -0.4 is 5.23 Å². The van der Waals surface area contributed by atoms with Crippen molar-refractivity contribution in [1.82, 2.24) is 5.23 Å². The number of nitrogens with one attached hydrogen (secondary N) is 1. The van der Waals surface area contributed by atoms with E-state index in [-0.39, 0.29) is 0 Å². The predicted octanol–water partition coefficient (Wildman–Crippen LogP) is 1.60. The van der Waals surface area contributed by atoms with Crippen LogP contribution in [0.15, 0.2) is 24.3 Å². The number of rotatable bonds is 1. The minimum absolute atomic E-state index is 0.537. The van der Waals surface area contributed by atoms with E-state index in [4.69, 9.17) is 0 Å². The lowest BCUT2D eigenvalue weighted by Crippen LogP contribution is -2.31. The Morgan fingerprint density at radius 3 is 2.44 bits per heavy atom. The van der Waals surface area contributed by atoms with E-state index in [1.807, 2.05) is 12.3 Å². The van der Waals surface area contributed by atoms with E-state index in [0.29, 0.717) is 12.7 Å². The van der Waals surface area contributed by atoms with Gasteiger partial charge in [0.2, 0.25) is 0 Å². The van der Waals surface area contributed by atoms with Crippen molar-refractivity contribution in [3.63, 3.8) is 0 Å². The molecule has 0 bridgehead atoms. The second-order valence-electron chi connectivity index (χ2n) is 2.68. The van der Waals surface area contributed by atoms with E-state index in [9.17, 15) is 0 Å². The van der Waals surface area contributed by atoms with E-state index in [2.05, 4.69) is 31.1 Å². The summed E-state index contributed by atoms with van der Waals surface area (Å²) in [5, 5.41) is 3.25. The van der Waals surface area contributed by atoms with Gasteiger partial charge in [-0.3, -0.25) is 0 Å². The molecule has 1 nitrogen and oxygen atoms in total. The molecule has 0 aliphatic carbocycles. The van der Waals surface area contributed by atoms with Crippen molar-refractivity contribution in [2.75, 3.05) is 0 Å². The average Bonchev–Trinajstić information content (AvgIpc) is 1.90. The zero-order chi connectivity index (χ0) is 6.69. The van der Waals surface area contributed by atoms with Crippen LogP contribution in [0.4, 0.5) is 0 Å². The van der Waals surface area contributed by atoms with Gasteiger partial charge in [-0.15, -0.1) is 0 Å². The van der Waals surface area contributed by atoms with Crippen molar-refractivity contribution < 1.29 is 0 Å². The van der Waals surface area contributed by atoms with Crippen LogP contribution in [0.25, 0.3) is 0 Å². The standard InChI is InChI=1S/C7H12BN/c1-7(2)8-5-3-4-6-9-8/h3-7,9H,1-2H3. The molecular weight excluding hydrogens is 109 g/mol. The lowest BCUT2D eigenvalue weighted by Gasteiger charge is -2.14. The van der Waals surface area contributed by atoms with Crippen molar-refractivity contribution in [1.29, 1.82) is 0 Å². The van der Waals surface area contributed by atoms with Gasteiger partial charge in [0.1, 0.15) is 0 Å². The molecule has 0 radical (unpaired) electrons. The van der Waals surface area contributed by atoms with Crippen molar-refractivity contribution in [2.24, 2.45) is 0 Å². The van der Waals surface area contributed by atoms with Crippen molar-refractivity contribution in [2.45, 2.75) is 19.7 Å². The van der Waals surface area contributed by atoms with Crippen LogP contribution in [-0.2, 0) is 0 Å². The third kappa shape index (κ3) is 1.63. The second-order valence-corrected chi connectivity index (χ2v) is 2.68. The molecule has 0 unspecified atom stereocenters. The van der Waals surface area contributed by atoms with E-state index in [1.54, 1.807) is 0 Å². The number of allylic oxidation sites excluding steroid dienone is 2. The van der Waals surface area contributed by atoms with Gasteiger partial charge >= 0.3 is 0 Å². The normalized spacial score (nSPS) is 16.6. The molecule has 0 aromatic rings. The Labute approximate surface area is 56.9 Å². The SMILES string of the molecule is CC(C)B1C=CC=CN1. The maximum absolute atomic E-state index is 3.25. The molecule has 0 fully saturated rings. The van der Waals surface area contributed by atoms with E-state index >= 15 is 0 Å². The molecule has 0 spiro atoms. The topological polar surface area (TPSA) is 12.0 Å². The first-order valence-corrected chi connectivity index (χ1v) is 3.40. The smallest absolute Gasteiger partial charge is 0.280 e. The fourth-order valence-corrected chi connectivity index (χ4v) is 0.876. The molecular formula is C7H12BN. The number of hydrogen-bond donors (Lipinski definition) is 1. The van der Waals surface area contributed by atoms with Crippen molar-refractivity contribution in [3.8, 4) is 0 Å². The lowest BCUT2D eigenvalue weighted by molar-refractivity contribution is 1.01. The number of hydrogen-bond acceptors (Lipinski definition) is 1. The van der Waals surface area contributed by atoms with E-state index < -0.39 is 0 Å². The van der Waals surface area contributed by atoms with Gasteiger partial charge in [0.15, 0.2) is 0 Å². The van der Waals surface area contributed by atoms with Crippen LogP contribution in [0.5, 0.6) is 0 Å². The molecule has 1 aliphatic rings. The summed E-state index contributed by atoms with van der Waals surface area (Å²) in [6.45, 7) is 4.96. The summed E-state index contributed by atoms with van der Waals surface area (Å²) in [7, 11) is 0. The Kier molecular flexibility index (Phi) is 1.98. The maximum Gasteiger partial charge on any atom is 0.280 e. The van der Waals surface area contributed by atoms with Crippen LogP contribution in [0.1, 0.15) is 13.8 Å². The Bertz CT molecular complexity index is 138. The van der Waals surface area contributed by atoms with Crippen molar-refractivity contribution in [3.05, 3.63) is 24.3 Å². The monoisotopic (exact) mass is 121 g/mol. The summed E-state index contributed by atoms with van der Waals surface area (Å²) < 4.78 is 0. The Morgan fingerprint density at radius 2 is 2.11 bits per heavy atom. The molecule has 0 saturated heterocycles. The minimum Gasteiger partial charge on any atom is -0.430 e. The first-order valence-electron chi connectivity index (χ1n) is 3.40. The Hall–Kier alpha value is -0.655. The molecule has 1 rings (SSSR count). The molecule has 0 saturated carbocycles. The quantitative estimate of drug-likeness (QED) is 0.519. The molecule has 48 valence electrons. The van der Waals surface area contributed by atoms with Crippen LogP contribution in [0.2, 0.25) is 5.82 Å². The van der Waals surface area contributed by atoms with Gasteiger partial charge in [0.05, 0.1) is 0 Å². The molecule has 1 heterocycles. The summed E-state index contributed by atoms with van der Waals surface area (Å²) in [4.78, 5) is 0. The lowest BCUT2D eigenvalue weighted by atomic mass is 9.52. The highest BCUT2D eigenvalue weighted by molar-refractivity contribution is 6.63. The van der Waals surface area contributed by atoms with Crippen LogP contribution in [0, 0.1) is 0 Å². The minimum atomic E-state index is 0.537. The highest BCUT2D eigenvalue weighted by Gasteiger charge is 2.13. The third-order valence-corrected chi connectivity index (χ3v) is 1.53. The van der Waals surface area contributed by atoms with Gasteiger partial charge in [-0.25, -0.2) is 0 Å². The summed E-state index contributed by atoms with van der Waals surface area (Å²) in [6.07, 6.45) is 6.09. The van der Waals surface area contributed by atoms with E-state index in [1.165, 1.54) is 0 Å². The van der Waals surface area contributed by atoms with Crippen molar-refractivity contribution >= 4 is 6.85 Å². The fourth-order valence-electron chi connectivity index (χ4n) is 0.876. The maximum atomic E-state index is 3.25. The van der Waals surface area contributed by atoms with Gasteiger partial charge in [-0.1, -0.05) is 25.9 Å². The molecule has 2 heteroatoms. The summed E-state index contributed by atoms with van der Waals surface area (Å²) in [5.74, 6) is 2.87. The molecule has 1 N–H and O–H groups in total. The van der Waals surface area contributed by atoms with E-state index in [0.717, 1.165) is 0 Å². The zero-order valence-corrected chi connectivity index (χ0v) is 5.96. The summed E-state index contributed by atoms with van der Waals surface area (Å²) in [5.41, 5.74) is 0. The van der Waals surface area contributed by atoms with Crippen LogP contribution in [-0.4, -0.2) is 6.85 Å². The molecule has 0 amide bonds. The highest BCUT2D eigenvalue weighted by Crippen LogP contribution is 2.07. The Balaban J connectivity index is 2.46. The molecule has 1 aliphatic heterocycles. The fraction of sp³-hybridized carbons (Fsp3) is 0.429. The van der Waals surface area contributed by atoms with Crippen LogP contribution in [0.3, 0.4) is 0 Å². The highest BCUT2D eigenvalue weighted by atomic mass is 14.7. The molecule has 9 heavy (non-hydrogen) atoms. The Morgan fingerprint density at radius 1 is 1.33 bits per heavy atom. The van der Waals surface area contributed by atoms with Gasteiger partial charge in [0, 0.05) is 0 Å². The largest absolute Gasteiger partial charge is 0.430 e. The average molecular weight is 121 g/mol. The first-order chi connectivity index (χ1) is 4.30. The zero-order valence-electron chi connectivity index (χ0n) is 5.96. The van der Waals surface area contributed by atoms with Gasteiger partial charge in [0.25, 0.3) is 6.85 Å². The van der Waals surface area contributed by atoms with Gasteiger partial charge in [-0.2, -0.15) is 0 Å². The first kappa shape index (κ1) is 6.46. The molecule has 0 aromatic carbocycles. The van der Waals surface area contributed by atoms with Gasteiger partial charge < -0.3 is 5.23 Å². The predicted molar refractivity (Wildman–Crippen MR) is 42.3 cm³/mol.